The number of aliphatic hydroxyl groups is 1. The van der Waals surface area contributed by atoms with Gasteiger partial charge in [-0.05, 0) is 18.6 Å². The van der Waals surface area contributed by atoms with Gasteiger partial charge in [0.25, 0.3) is 0 Å². The summed E-state index contributed by atoms with van der Waals surface area (Å²) >= 11 is 0. The molecular formula is C11H15NO4. The summed E-state index contributed by atoms with van der Waals surface area (Å²) in [7, 11) is 1.32. The van der Waals surface area contributed by atoms with Crippen molar-refractivity contribution in [2.75, 3.05) is 20.2 Å². The lowest BCUT2D eigenvalue weighted by molar-refractivity contribution is 0.0561. The van der Waals surface area contributed by atoms with Crippen LogP contribution in [0.25, 0.3) is 0 Å². The molecule has 1 fully saturated rings. The van der Waals surface area contributed by atoms with Crippen LogP contribution in [-0.4, -0.2) is 42.3 Å². The zero-order valence-corrected chi connectivity index (χ0v) is 9.18. The fourth-order valence-electron chi connectivity index (χ4n) is 1.85. The fraction of sp³-hybridized carbons (Fsp3) is 0.545. The summed E-state index contributed by atoms with van der Waals surface area (Å²) in [5, 5.41) is 9.36. The molecule has 0 amide bonds. The molecule has 0 radical (unpaired) electrons. The van der Waals surface area contributed by atoms with Crippen LogP contribution in [0.2, 0.25) is 0 Å². The van der Waals surface area contributed by atoms with E-state index in [-0.39, 0.29) is 11.9 Å². The van der Waals surface area contributed by atoms with Gasteiger partial charge in [0.1, 0.15) is 5.76 Å². The van der Waals surface area contributed by atoms with E-state index in [0.717, 1.165) is 18.7 Å². The number of β-amino-alcohol motifs (C(OH)–C–C–N with tert-alkyl or cyclic N) is 1. The van der Waals surface area contributed by atoms with Gasteiger partial charge in [0.05, 0.1) is 19.8 Å². The number of nitrogens with zero attached hydrogens (tertiary/aromatic N) is 1. The summed E-state index contributed by atoms with van der Waals surface area (Å²) in [6.45, 7) is 2.14. The normalized spacial score (nSPS) is 21.2. The number of rotatable bonds is 3. The Balaban J connectivity index is 1.95. The van der Waals surface area contributed by atoms with Crippen molar-refractivity contribution in [3.63, 3.8) is 0 Å². The highest BCUT2D eigenvalue weighted by molar-refractivity contribution is 5.86. The van der Waals surface area contributed by atoms with E-state index >= 15 is 0 Å². The number of methoxy groups -OCH3 is 1. The maximum Gasteiger partial charge on any atom is 0.373 e. The molecule has 5 nitrogen and oxygen atoms in total. The molecule has 1 aromatic rings. The van der Waals surface area contributed by atoms with E-state index in [1.54, 1.807) is 12.1 Å². The van der Waals surface area contributed by atoms with Gasteiger partial charge < -0.3 is 14.3 Å². The zero-order valence-electron chi connectivity index (χ0n) is 9.18. The number of ether oxygens (including phenoxy) is 1. The number of carbonyl (C=O) groups excluding carboxylic acids is 1. The number of furan rings is 1. The van der Waals surface area contributed by atoms with E-state index < -0.39 is 5.97 Å². The summed E-state index contributed by atoms with van der Waals surface area (Å²) in [6, 6.07) is 3.37. The molecule has 2 rings (SSSR count). The molecule has 0 saturated carbocycles. The predicted molar refractivity (Wildman–Crippen MR) is 55.9 cm³/mol. The number of aliphatic hydroxyl groups excluding tert-OH is 1. The third-order valence-corrected chi connectivity index (χ3v) is 2.68. The number of esters is 1. The molecule has 5 heteroatoms. The van der Waals surface area contributed by atoms with Gasteiger partial charge in [-0.15, -0.1) is 0 Å². The van der Waals surface area contributed by atoms with E-state index in [2.05, 4.69) is 9.64 Å². The minimum atomic E-state index is -0.465. The Hall–Kier alpha value is -1.33. The van der Waals surface area contributed by atoms with Crippen molar-refractivity contribution >= 4 is 5.97 Å². The molecule has 1 aliphatic rings. The van der Waals surface area contributed by atoms with Gasteiger partial charge in [0, 0.05) is 13.1 Å². The molecular weight excluding hydrogens is 210 g/mol. The molecule has 0 aromatic carbocycles. The smallest absolute Gasteiger partial charge is 0.373 e. The molecule has 88 valence electrons. The summed E-state index contributed by atoms with van der Waals surface area (Å²) in [6.07, 6.45) is 0.555. The molecule has 0 aliphatic carbocycles. The molecule has 1 aliphatic heterocycles. The topological polar surface area (TPSA) is 62.9 Å². The minimum Gasteiger partial charge on any atom is -0.463 e. The zero-order chi connectivity index (χ0) is 11.5. The summed E-state index contributed by atoms with van der Waals surface area (Å²) < 4.78 is 9.89. The van der Waals surface area contributed by atoms with Gasteiger partial charge in [-0.3, -0.25) is 4.90 Å². The molecule has 0 bridgehead atoms. The van der Waals surface area contributed by atoms with E-state index in [0.29, 0.717) is 13.1 Å². The maximum atomic E-state index is 11.1. The Labute approximate surface area is 93.6 Å². The van der Waals surface area contributed by atoms with Crippen molar-refractivity contribution in [1.29, 1.82) is 0 Å². The van der Waals surface area contributed by atoms with Crippen LogP contribution in [-0.2, 0) is 11.3 Å². The van der Waals surface area contributed by atoms with Gasteiger partial charge in [0.2, 0.25) is 5.76 Å². The lowest BCUT2D eigenvalue weighted by atomic mass is 10.3. The first kappa shape index (κ1) is 11.2. The monoisotopic (exact) mass is 225 g/mol. The fourth-order valence-corrected chi connectivity index (χ4v) is 1.85. The molecule has 1 atom stereocenters. The Morgan fingerprint density at radius 1 is 1.69 bits per heavy atom. The second-order valence-corrected chi connectivity index (χ2v) is 3.94. The molecule has 16 heavy (non-hydrogen) atoms. The molecule has 1 aromatic heterocycles. The quantitative estimate of drug-likeness (QED) is 0.764. The largest absolute Gasteiger partial charge is 0.463 e. The Kier molecular flexibility index (Phi) is 3.26. The van der Waals surface area contributed by atoms with Crippen LogP contribution in [0, 0.1) is 0 Å². The number of hydrogen-bond donors (Lipinski definition) is 1. The average molecular weight is 225 g/mol. The Bertz CT molecular complexity index is 374. The van der Waals surface area contributed by atoms with Crippen LogP contribution in [0.15, 0.2) is 16.5 Å². The summed E-state index contributed by atoms with van der Waals surface area (Å²) in [5.41, 5.74) is 0. The minimum absolute atomic E-state index is 0.220. The van der Waals surface area contributed by atoms with Crippen LogP contribution in [0.3, 0.4) is 0 Å². The lowest BCUT2D eigenvalue weighted by Gasteiger charge is -2.12. The SMILES string of the molecule is COC(=O)c1ccc(CN2CCC(O)C2)o1. The molecule has 1 saturated heterocycles. The number of hydrogen-bond acceptors (Lipinski definition) is 5. The third-order valence-electron chi connectivity index (χ3n) is 2.68. The second kappa shape index (κ2) is 4.67. The lowest BCUT2D eigenvalue weighted by Crippen LogP contribution is -2.21. The van der Waals surface area contributed by atoms with Crippen LogP contribution < -0.4 is 0 Å². The highest BCUT2D eigenvalue weighted by atomic mass is 16.5. The van der Waals surface area contributed by atoms with Crippen LogP contribution in [0.5, 0.6) is 0 Å². The van der Waals surface area contributed by atoms with Crippen LogP contribution >= 0.6 is 0 Å². The highest BCUT2D eigenvalue weighted by Gasteiger charge is 2.21. The van der Waals surface area contributed by atoms with Crippen molar-refractivity contribution in [3.8, 4) is 0 Å². The first-order valence-electron chi connectivity index (χ1n) is 5.26. The van der Waals surface area contributed by atoms with Gasteiger partial charge in [-0.1, -0.05) is 0 Å². The molecule has 1 N–H and O–H groups in total. The van der Waals surface area contributed by atoms with E-state index in [9.17, 15) is 9.90 Å². The molecule has 1 unspecified atom stereocenters. The predicted octanol–water partition coefficient (Wildman–Crippen LogP) is 0.633. The van der Waals surface area contributed by atoms with Crippen LogP contribution in [0.1, 0.15) is 22.7 Å². The first-order valence-corrected chi connectivity index (χ1v) is 5.26. The van der Waals surface area contributed by atoms with Gasteiger partial charge in [-0.2, -0.15) is 0 Å². The summed E-state index contributed by atoms with van der Waals surface area (Å²) in [4.78, 5) is 13.2. The van der Waals surface area contributed by atoms with Crippen LogP contribution in [0.4, 0.5) is 0 Å². The second-order valence-electron chi connectivity index (χ2n) is 3.94. The standard InChI is InChI=1S/C11H15NO4/c1-15-11(14)10-3-2-9(16-10)7-12-5-4-8(13)6-12/h2-3,8,13H,4-7H2,1H3. The number of carbonyl (C=O) groups is 1. The Morgan fingerprint density at radius 3 is 3.12 bits per heavy atom. The van der Waals surface area contributed by atoms with Crippen molar-refractivity contribution in [2.24, 2.45) is 0 Å². The molecule has 0 spiro atoms. The molecule has 2 heterocycles. The first-order chi connectivity index (χ1) is 7.69. The third kappa shape index (κ3) is 2.43. The van der Waals surface area contributed by atoms with Gasteiger partial charge >= 0.3 is 5.97 Å². The Morgan fingerprint density at radius 2 is 2.50 bits per heavy atom. The average Bonchev–Trinajstić information content (AvgIpc) is 2.87. The van der Waals surface area contributed by atoms with Gasteiger partial charge in [0.15, 0.2) is 0 Å². The van der Waals surface area contributed by atoms with Crippen molar-refractivity contribution in [3.05, 3.63) is 23.7 Å². The maximum absolute atomic E-state index is 11.1. The van der Waals surface area contributed by atoms with E-state index in [1.165, 1.54) is 7.11 Å². The van der Waals surface area contributed by atoms with Crippen molar-refractivity contribution < 1.29 is 19.1 Å². The van der Waals surface area contributed by atoms with E-state index in [4.69, 9.17) is 4.42 Å². The highest BCUT2D eigenvalue weighted by Crippen LogP contribution is 2.15. The number of likely N-dealkylation sites (tertiary alicyclic amines) is 1. The summed E-state index contributed by atoms with van der Waals surface area (Å²) in [5.74, 6) is 0.472. The van der Waals surface area contributed by atoms with Crippen molar-refractivity contribution in [1.82, 2.24) is 4.90 Å². The van der Waals surface area contributed by atoms with Gasteiger partial charge in [-0.25, -0.2) is 4.79 Å². The van der Waals surface area contributed by atoms with Crippen molar-refractivity contribution in [2.45, 2.75) is 19.1 Å². The van der Waals surface area contributed by atoms with E-state index in [1.807, 2.05) is 0 Å².